The van der Waals surface area contributed by atoms with Gasteiger partial charge in [0.2, 0.25) is 15.2 Å². The van der Waals surface area contributed by atoms with Gasteiger partial charge >= 0.3 is 0 Å². The summed E-state index contributed by atoms with van der Waals surface area (Å²) in [6, 6.07) is 15.3. The van der Waals surface area contributed by atoms with E-state index in [9.17, 15) is 13.2 Å². The molecule has 0 radical (unpaired) electrons. The third-order valence-electron chi connectivity index (χ3n) is 4.96. The summed E-state index contributed by atoms with van der Waals surface area (Å²) in [5.41, 5.74) is 1.89. The van der Waals surface area contributed by atoms with Crippen LogP contribution in [0.15, 0.2) is 84.8 Å². The summed E-state index contributed by atoms with van der Waals surface area (Å²) in [6.07, 6.45) is 3.03. The summed E-state index contributed by atoms with van der Waals surface area (Å²) < 4.78 is 29.6. The van der Waals surface area contributed by atoms with Crippen LogP contribution in [-0.2, 0) is 10.0 Å². The van der Waals surface area contributed by atoms with Crippen LogP contribution in [0.4, 0.5) is 5.82 Å². The monoisotopic (exact) mass is 493 g/mol. The van der Waals surface area contributed by atoms with E-state index in [1.807, 2.05) is 31.2 Å². The van der Waals surface area contributed by atoms with Gasteiger partial charge in [0.05, 0.1) is 20.8 Å². The fraction of sp³-hybridized carbons (Fsp3) is 0.125. The molecule has 10 heteroatoms. The van der Waals surface area contributed by atoms with Gasteiger partial charge in [-0.25, -0.2) is 13.4 Å². The lowest BCUT2D eigenvalue weighted by molar-refractivity contribution is 0.102. The average molecular weight is 494 g/mol. The van der Waals surface area contributed by atoms with E-state index >= 15 is 0 Å². The van der Waals surface area contributed by atoms with Crippen molar-refractivity contribution in [1.29, 1.82) is 0 Å². The van der Waals surface area contributed by atoms with Crippen molar-refractivity contribution in [2.45, 2.75) is 11.8 Å². The third kappa shape index (κ3) is 4.69. The molecule has 2 aromatic carbocycles. The second-order valence-corrected chi connectivity index (χ2v) is 10.4. The molecule has 8 nitrogen and oxygen atoms in total. The molecule has 1 N–H and O–H groups in total. The van der Waals surface area contributed by atoms with Crippen molar-refractivity contribution in [3.63, 3.8) is 0 Å². The van der Waals surface area contributed by atoms with E-state index in [0.29, 0.717) is 16.5 Å². The smallest absolute Gasteiger partial charge is 0.256 e. The summed E-state index contributed by atoms with van der Waals surface area (Å²) in [5, 5.41) is 7.96. The van der Waals surface area contributed by atoms with Gasteiger partial charge in [-0.05, 0) is 43.3 Å². The minimum Gasteiger partial charge on any atom is -0.306 e. The molecule has 0 atom stereocenters. The standard InChI is InChI=1S/C24H23N5O3S2/c1-4-14-28(15-5-2)34(31,32)19-12-10-18(11-13-19)23(30)26-22-16-17(3)27-29(22)24-25-20-8-6-7-9-21(20)33-24/h4-13,16H,1-2,14-15H2,3H3,(H,26,30). The number of hydrogen-bond acceptors (Lipinski definition) is 6. The maximum absolute atomic E-state index is 12.9. The predicted octanol–water partition coefficient (Wildman–Crippen LogP) is 4.41. The van der Waals surface area contributed by atoms with Gasteiger partial charge in [-0.3, -0.25) is 4.79 Å². The molecule has 0 aliphatic rings. The van der Waals surface area contributed by atoms with E-state index in [0.717, 1.165) is 15.9 Å². The van der Waals surface area contributed by atoms with E-state index in [1.54, 1.807) is 10.7 Å². The molecular formula is C24H23N5O3S2. The first-order valence-corrected chi connectivity index (χ1v) is 12.6. The SMILES string of the molecule is C=CCN(CC=C)S(=O)(=O)c1ccc(C(=O)Nc2cc(C)nn2-c2nc3ccccc3s2)cc1. The number of aromatic nitrogens is 3. The second-order valence-electron chi connectivity index (χ2n) is 7.42. The molecule has 174 valence electrons. The Labute approximate surface area is 201 Å². The number of carbonyl (C=O) groups is 1. The first kappa shape index (κ1) is 23.6. The average Bonchev–Trinajstić information content (AvgIpc) is 3.41. The molecular weight excluding hydrogens is 470 g/mol. The van der Waals surface area contributed by atoms with Gasteiger partial charge in [0.1, 0.15) is 5.82 Å². The molecule has 2 aromatic heterocycles. The number of nitrogens with one attached hydrogen (secondary N) is 1. The second kappa shape index (κ2) is 9.72. The zero-order valence-electron chi connectivity index (χ0n) is 18.5. The van der Waals surface area contributed by atoms with Crippen LogP contribution in [-0.4, -0.2) is 46.5 Å². The number of amides is 1. The Morgan fingerprint density at radius 2 is 1.79 bits per heavy atom. The van der Waals surface area contributed by atoms with Crippen molar-refractivity contribution in [2.24, 2.45) is 0 Å². The minimum absolute atomic E-state index is 0.0862. The van der Waals surface area contributed by atoms with Crippen LogP contribution in [0.2, 0.25) is 0 Å². The Kier molecular flexibility index (Phi) is 6.73. The van der Waals surface area contributed by atoms with Crippen LogP contribution >= 0.6 is 11.3 Å². The van der Waals surface area contributed by atoms with Crippen molar-refractivity contribution in [1.82, 2.24) is 19.1 Å². The Bertz CT molecular complexity index is 1430. The largest absolute Gasteiger partial charge is 0.306 e. The summed E-state index contributed by atoms with van der Waals surface area (Å²) in [6.45, 7) is 9.36. The molecule has 34 heavy (non-hydrogen) atoms. The zero-order chi connectivity index (χ0) is 24.3. The van der Waals surface area contributed by atoms with Crippen molar-refractivity contribution in [3.8, 4) is 5.13 Å². The van der Waals surface area contributed by atoms with Crippen molar-refractivity contribution < 1.29 is 13.2 Å². The molecule has 0 saturated heterocycles. The van der Waals surface area contributed by atoms with Crippen LogP contribution in [0, 0.1) is 6.92 Å². The highest BCUT2D eigenvalue weighted by Crippen LogP contribution is 2.27. The van der Waals surface area contributed by atoms with E-state index in [4.69, 9.17) is 0 Å². The van der Waals surface area contributed by atoms with Crippen LogP contribution in [0.5, 0.6) is 0 Å². The molecule has 0 spiro atoms. The molecule has 1 amide bonds. The number of sulfonamides is 1. The fourth-order valence-corrected chi connectivity index (χ4v) is 5.67. The molecule has 0 unspecified atom stereocenters. The van der Waals surface area contributed by atoms with E-state index in [1.165, 1.54) is 52.1 Å². The summed E-state index contributed by atoms with van der Waals surface area (Å²) in [5.74, 6) is 0.0849. The number of nitrogens with zero attached hydrogens (tertiary/aromatic N) is 4. The van der Waals surface area contributed by atoms with Gasteiger partial charge in [-0.2, -0.15) is 14.1 Å². The van der Waals surface area contributed by atoms with E-state index in [2.05, 4.69) is 28.6 Å². The van der Waals surface area contributed by atoms with Crippen LogP contribution in [0.1, 0.15) is 16.1 Å². The van der Waals surface area contributed by atoms with Gasteiger partial charge in [-0.15, -0.1) is 13.2 Å². The van der Waals surface area contributed by atoms with Gasteiger partial charge < -0.3 is 5.32 Å². The topological polar surface area (TPSA) is 97.2 Å². The highest BCUT2D eigenvalue weighted by atomic mass is 32.2. The molecule has 4 aromatic rings. The Hall–Kier alpha value is -3.60. The molecule has 0 saturated carbocycles. The zero-order valence-corrected chi connectivity index (χ0v) is 20.1. The maximum Gasteiger partial charge on any atom is 0.256 e. The number of fused-ring (bicyclic) bond motifs is 1. The number of anilines is 1. The fourth-order valence-electron chi connectivity index (χ4n) is 3.36. The van der Waals surface area contributed by atoms with Crippen molar-refractivity contribution in [2.75, 3.05) is 18.4 Å². The molecule has 2 heterocycles. The number of para-hydroxylation sites is 1. The lowest BCUT2D eigenvalue weighted by Gasteiger charge is -2.19. The van der Waals surface area contributed by atoms with Crippen molar-refractivity contribution in [3.05, 3.63) is 91.2 Å². The summed E-state index contributed by atoms with van der Waals surface area (Å²) >= 11 is 1.47. The lowest BCUT2D eigenvalue weighted by atomic mass is 10.2. The summed E-state index contributed by atoms with van der Waals surface area (Å²) in [7, 11) is -3.74. The molecule has 0 fully saturated rings. The Balaban J connectivity index is 1.57. The third-order valence-corrected chi connectivity index (χ3v) is 7.81. The Morgan fingerprint density at radius 3 is 2.44 bits per heavy atom. The summed E-state index contributed by atoms with van der Waals surface area (Å²) in [4.78, 5) is 17.6. The molecule has 0 aliphatic heterocycles. The van der Waals surface area contributed by atoms with Gasteiger partial charge in [0.25, 0.3) is 5.91 Å². The normalized spacial score (nSPS) is 11.6. The van der Waals surface area contributed by atoms with Crippen LogP contribution in [0.25, 0.3) is 15.3 Å². The van der Waals surface area contributed by atoms with Gasteiger partial charge in [0.15, 0.2) is 0 Å². The Morgan fingerprint density at radius 1 is 1.12 bits per heavy atom. The van der Waals surface area contributed by atoms with Crippen LogP contribution < -0.4 is 5.32 Å². The number of hydrogen-bond donors (Lipinski definition) is 1. The van der Waals surface area contributed by atoms with Gasteiger partial charge in [-0.1, -0.05) is 35.6 Å². The lowest BCUT2D eigenvalue weighted by Crippen LogP contribution is -2.31. The highest BCUT2D eigenvalue weighted by molar-refractivity contribution is 7.89. The number of rotatable bonds is 9. The number of thiazole rings is 1. The first-order chi connectivity index (χ1) is 16.3. The molecule has 0 bridgehead atoms. The molecule has 4 rings (SSSR count). The first-order valence-electron chi connectivity index (χ1n) is 10.4. The maximum atomic E-state index is 12.9. The number of benzene rings is 2. The van der Waals surface area contributed by atoms with Crippen molar-refractivity contribution >= 4 is 43.3 Å². The number of carbonyl (C=O) groups excluding carboxylic acids is 1. The minimum atomic E-state index is -3.74. The quantitative estimate of drug-likeness (QED) is 0.349. The van der Waals surface area contributed by atoms with E-state index < -0.39 is 10.0 Å². The van der Waals surface area contributed by atoms with Gasteiger partial charge in [0, 0.05) is 24.7 Å². The van der Waals surface area contributed by atoms with Crippen LogP contribution in [0.3, 0.4) is 0 Å². The predicted molar refractivity (Wildman–Crippen MR) is 135 cm³/mol. The molecule has 0 aliphatic carbocycles. The highest BCUT2D eigenvalue weighted by Gasteiger charge is 2.23. The van der Waals surface area contributed by atoms with E-state index in [-0.39, 0.29) is 23.9 Å². The number of aryl methyl sites for hydroxylation is 1.